The number of halogens is 3. The number of alkyl halides is 1. The van der Waals surface area contributed by atoms with Crippen LogP contribution in [0.4, 0.5) is 19.0 Å². The minimum Gasteiger partial charge on any atom is -0.461 e. The molecule has 3 atom stereocenters. The standard InChI is InChI=1S/C34H36F3N9O3S/c1-2-21-24(36)6-5-19-11-25-22(14-39-43-25)27(26(19)21)30-28(37)29-23(13-38-30)31(45-9-3-7-33(17-45)16-40-50(47,48)44-33)42-32(41-29)49-18-34-8-4-10-46(34)15-20(35)12-34/h5-6,11,13-14,20,40,44H,2-4,7-10,12,15-18H2,1H3,(H,39,43)/t20-,33?,34+/m1/s1. The van der Waals surface area contributed by atoms with Crippen molar-refractivity contribution in [3.8, 4) is 17.3 Å². The summed E-state index contributed by atoms with van der Waals surface area (Å²) in [5.74, 6) is -0.780. The molecule has 4 aliphatic heterocycles. The lowest BCUT2D eigenvalue weighted by Crippen LogP contribution is -2.56. The number of anilines is 1. The molecule has 16 heteroatoms. The summed E-state index contributed by atoms with van der Waals surface area (Å²) in [6.07, 6.45) is 5.81. The summed E-state index contributed by atoms with van der Waals surface area (Å²) in [5.41, 5.74) is 0.143. The Balaban J connectivity index is 1.22. The Morgan fingerprint density at radius 1 is 1.10 bits per heavy atom. The lowest BCUT2D eigenvalue weighted by atomic mass is 9.90. The van der Waals surface area contributed by atoms with Gasteiger partial charge in [-0.15, -0.1) is 0 Å². The van der Waals surface area contributed by atoms with Crippen LogP contribution in [0.25, 0.3) is 43.8 Å². The average Bonchev–Trinajstić information content (AvgIpc) is 3.85. The van der Waals surface area contributed by atoms with Crippen molar-refractivity contribution in [2.75, 3.05) is 44.2 Å². The SMILES string of the molecule is CCc1c(F)ccc2cc3[nH]ncc3c(-c3ncc4c(N5CCCC6(CNS(=O)(=O)N6)C5)nc(OC[C@@]56CCCN5C[C@H](F)C6)nc4c3F)c12. The second kappa shape index (κ2) is 11.4. The van der Waals surface area contributed by atoms with Gasteiger partial charge in [0.25, 0.3) is 10.2 Å². The van der Waals surface area contributed by atoms with Crippen molar-refractivity contribution in [3.05, 3.63) is 47.8 Å². The fraction of sp³-hybridized carbons (Fsp3) is 0.471. The van der Waals surface area contributed by atoms with Crippen molar-refractivity contribution in [2.45, 2.75) is 62.7 Å². The summed E-state index contributed by atoms with van der Waals surface area (Å²) in [5, 5.41) is 9.30. The number of pyridine rings is 1. The first-order chi connectivity index (χ1) is 24.1. The maximum atomic E-state index is 17.3. The molecule has 4 fully saturated rings. The van der Waals surface area contributed by atoms with Crippen LogP contribution in [0.5, 0.6) is 6.01 Å². The first-order valence-corrected chi connectivity index (χ1v) is 18.6. The average molecular weight is 708 g/mol. The Morgan fingerprint density at radius 3 is 2.78 bits per heavy atom. The number of nitrogens with zero attached hydrogens (tertiary/aromatic N) is 6. The predicted molar refractivity (Wildman–Crippen MR) is 182 cm³/mol. The number of nitrogens with one attached hydrogen (secondary N) is 3. The number of aromatic amines is 1. The summed E-state index contributed by atoms with van der Waals surface area (Å²) >= 11 is 0. The fourth-order valence-electron chi connectivity index (χ4n) is 8.82. The normalized spacial score (nSPS) is 26.6. The fourth-order valence-corrected chi connectivity index (χ4v) is 10.2. The van der Waals surface area contributed by atoms with Crippen LogP contribution in [0.1, 0.15) is 44.6 Å². The van der Waals surface area contributed by atoms with Gasteiger partial charge in [0.2, 0.25) is 0 Å². The van der Waals surface area contributed by atoms with E-state index in [0.717, 1.165) is 19.4 Å². The molecule has 12 nitrogen and oxygen atoms in total. The summed E-state index contributed by atoms with van der Waals surface area (Å²) in [6, 6.07) is 4.86. The van der Waals surface area contributed by atoms with E-state index in [2.05, 4.69) is 34.5 Å². The zero-order chi connectivity index (χ0) is 34.4. The van der Waals surface area contributed by atoms with Crippen LogP contribution in [0.15, 0.2) is 30.6 Å². The van der Waals surface area contributed by atoms with E-state index in [1.807, 2.05) is 17.9 Å². The van der Waals surface area contributed by atoms with Crippen LogP contribution < -0.4 is 19.1 Å². The lowest BCUT2D eigenvalue weighted by Gasteiger charge is -2.40. The molecule has 0 saturated carbocycles. The molecule has 3 N–H and O–H groups in total. The topological polar surface area (TPSA) is 141 Å². The first kappa shape index (κ1) is 31.8. The molecule has 5 aromatic rings. The summed E-state index contributed by atoms with van der Waals surface area (Å²) in [7, 11) is -3.65. The van der Waals surface area contributed by atoms with Crippen molar-refractivity contribution < 1.29 is 26.3 Å². The molecular weight excluding hydrogens is 671 g/mol. The number of aryl methyl sites for hydroxylation is 1. The molecule has 1 unspecified atom stereocenters. The van der Waals surface area contributed by atoms with Gasteiger partial charge in [-0.2, -0.15) is 28.2 Å². The van der Waals surface area contributed by atoms with Gasteiger partial charge in [0.05, 0.1) is 28.2 Å². The van der Waals surface area contributed by atoms with Gasteiger partial charge < -0.3 is 9.64 Å². The molecule has 1 spiro atoms. The second-order valence-electron chi connectivity index (χ2n) is 14.2. The number of piperidine rings is 1. The van der Waals surface area contributed by atoms with Crippen LogP contribution >= 0.6 is 0 Å². The highest BCUT2D eigenvalue weighted by atomic mass is 32.2. The van der Waals surface area contributed by atoms with E-state index in [-0.39, 0.29) is 36.9 Å². The number of H-pyrrole nitrogens is 1. The Bertz CT molecular complexity index is 2310. The first-order valence-electron chi connectivity index (χ1n) is 17.1. The molecule has 4 saturated heterocycles. The van der Waals surface area contributed by atoms with E-state index in [4.69, 9.17) is 9.72 Å². The number of ether oxygens (including phenoxy) is 1. The zero-order valence-electron chi connectivity index (χ0n) is 27.4. The highest BCUT2D eigenvalue weighted by Crippen LogP contribution is 2.43. The molecule has 0 amide bonds. The van der Waals surface area contributed by atoms with Gasteiger partial charge in [-0.05, 0) is 67.1 Å². The van der Waals surface area contributed by atoms with Crippen molar-refractivity contribution >= 4 is 48.6 Å². The van der Waals surface area contributed by atoms with Crippen LogP contribution in [0, 0.1) is 11.6 Å². The van der Waals surface area contributed by atoms with Crippen LogP contribution in [0.2, 0.25) is 0 Å². The molecule has 262 valence electrons. The highest BCUT2D eigenvalue weighted by molar-refractivity contribution is 7.87. The van der Waals surface area contributed by atoms with E-state index in [0.29, 0.717) is 82.8 Å². The van der Waals surface area contributed by atoms with E-state index in [1.54, 1.807) is 12.3 Å². The van der Waals surface area contributed by atoms with Crippen LogP contribution in [-0.4, -0.2) is 95.0 Å². The maximum Gasteiger partial charge on any atom is 0.319 e. The molecule has 0 radical (unpaired) electrons. The monoisotopic (exact) mass is 707 g/mol. The number of hydrogen-bond donors (Lipinski definition) is 3. The molecule has 9 rings (SSSR count). The quantitative estimate of drug-likeness (QED) is 0.236. The number of fused-ring (bicyclic) bond motifs is 4. The summed E-state index contributed by atoms with van der Waals surface area (Å²) < 4.78 is 83.5. The Hall–Kier alpha value is -4.12. The molecule has 0 aliphatic carbocycles. The second-order valence-corrected chi connectivity index (χ2v) is 15.7. The third-order valence-corrected chi connectivity index (χ3v) is 12.3. The minimum atomic E-state index is -3.65. The summed E-state index contributed by atoms with van der Waals surface area (Å²) in [4.78, 5) is 18.1. The van der Waals surface area contributed by atoms with Crippen molar-refractivity contribution in [3.63, 3.8) is 0 Å². The Morgan fingerprint density at radius 2 is 1.96 bits per heavy atom. The third-order valence-electron chi connectivity index (χ3n) is 11.1. The largest absolute Gasteiger partial charge is 0.461 e. The van der Waals surface area contributed by atoms with Gasteiger partial charge in [-0.25, -0.2) is 17.9 Å². The van der Waals surface area contributed by atoms with E-state index < -0.39 is 39.1 Å². The van der Waals surface area contributed by atoms with Crippen LogP contribution in [-0.2, 0) is 16.6 Å². The number of hydrogen-bond acceptors (Lipinski definition) is 9. The Kier molecular flexibility index (Phi) is 7.29. The lowest BCUT2D eigenvalue weighted by molar-refractivity contribution is 0.107. The molecule has 3 aromatic heterocycles. The van der Waals surface area contributed by atoms with E-state index in [9.17, 15) is 12.8 Å². The highest BCUT2D eigenvalue weighted by Gasteiger charge is 2.50. The van der Waals surface area contributed by atoms with Crippen molar-refractivity contribution in [1.29, 1.82) is 0 Å². The van der Waals surface area contributed by atoms with Crippen molar-refractivity contribution in [2.24, 2.45) is 0 Å². The van der Waals surface area contributed by atoms with Gasteiger partial charge in [-0.3, -0.25) is 15.0 Å². The Labute approximate surface area is 286 Å². The van der Waals surface area contributed by atoms with Gasteiger partial charge >= 0.3 is 6.01 Å². The van der Waals surface area contributed by atoms with Crippen molar-refractivity contribution in [1.82, 2.24) is 39.5 Å². The maximum absolute atomic E-state index is 17.3. The molecular formula is C34H36F3N9O3S. The predicted octanol–water partition coefficient (Wildman–Crippen LogP) is 4.29. The summed E-state index contributed by atoms with van der Waals surface area (Å²) in [6.45, 7) is 4.13. The van der Waals surface area contributed by atoms with E-state index >= 15 is 8.78 Å². The van der Waals surface area contributed by atoms with Crippen LogP contribution in [0.3, 0.4) is 0 Å². The van der Waals surface area contributed by atoms with Gasteiger partial charge in [-0.1, -0.05) is 13.0 Å². The zero-order valence-corrected chi connectivity index (χ0v) is 28.2. The number of benzene rings is 2. The molecule has 7 heterocycles. The molecule has 4 aliphatic rings. The molecule has 2 aromatic carbocycles. The van der Waals surface area contributed by atoms with Gasteiger partial charge in [0.1, 0.15) is 35.6 Å². The molecule has 50 heavy (non-hydrogen) atoms. The third kappa shape index (κ3) is 5.01. The number of rotatable bonds is 6. The smallest absolute Gasteiger partial charge is 0.319 e. The van der Waals surface area contributed by atoms with E-state index in [1.165, 1.54) is 12.3 Å². The molecule has 0 bridgehead atoms. The van der Waals surface area contributed by atoms with Gasteiger partial charge in [0.15, 0.2) is 5.82 Å². The minimum absolute atomic E-state index is 0.0232. The number of aromatic nitrogens is 5. The van der Waals surface area contributed by atoms with Gasteiger partial charge in [0, 0.05) is 49.7 Å².